The van der Waals surface area contributed by atoms with Crippen molar-refractivity contribution in [1.82, 2.24) is 10.2 Å². The molecule has 0 spiro atoms. The van der Waals surface area contributed by atoms with Gasteiger partial charge >= 0.3 is 0 Å². The van der Waals surface area contributed by atoms with Crippen molar-refractivity contribution in [1.29, 1.82) is 0 Å². The first kappa shape index (κ1) is 22.6. The van der Waals surface area contributed by atoms with Gasteiger partial charge < -0.3 is 10.2 Å². The Balaban J connectivity index is 1.68. The summed E-state index contributed by atoms with van der Waals surface area (Å²) in [5, 5.41) is 3.61. The summed E-state index contributed by atoms with van der Waals surface area (Å²) >= 11 is 5.99. The smallest absolute Gasteiger partial charge is 0.242 e. The van der Waals surface area contributed by atoms with Crippen molar-refractivity contribution in [2.75, 3.05) is 6.54 Å². The molecule has 0 bridgehead atoms. The minimum Gasteiger partial charge on any atom is -0.354 e. The van der Waals surface area contributed by atoms with E-state index in [9.17, 15) is 9.59 Å². The molecule has 0 aromatic heterocycles. The van der Waals surface area contributed by atoms with Crippen LogP contribution in [-0.4, -0.2) is 29.3 Å². The zero-order valence-electron chi connectivity index (χ0n) is 17.6. The van der Waals surface area contributed by atoms with E-state index in [1.54, 1.807) is 24.0 Å². The highest BCUT2D eigenvalue weighted by Gasteiger charge is 2.26. The van der Waals surface area contributed by atoms with Crippen molar-refractivity contribution in [3.63, 3.8) is 0 Å². The van der Waals surface area contributed by atoms with Crippen molar-refractivity contribution in [2.45, 2.75) is 32.4 Å². The van der Waals surface area contributed by atoms with E-state index in [4.69, 9.17) is 11.6 Å². The summed E-state index contributed by atoms with van der Waals surface area (Å²) in [6, 6.07) is 26.3. The molecular weight excluding hydrogens is 408 g/mol. The maximum Gasteiger partial charge on any atom is 0.242 e. The fourth-order valence-electron chi connectivity index (χ4n) is 3.36. The Morgan fingerprint density at radius 3 is 2.03 bits per heavy atom. The predicted molar refractivity (Wildman–Crippen MR) is 125 cm³/mol. The first-order valence-electron chi connectivity index (χ1n) is 10.4. The summed E-state index contributed by atoms with van der Waals surface area (Å²) < 4.78 is 0. The van der Waals surface area contributed by atoms with E-state index < -0.39 is 6.04 Å². The largest absolute Gasteiger partial charge is 0.354 e. The highest BCUT2D eigenvalue weighted by atomic mass is 35.5. The van der Waals surface area contributed by atoms with E-state index in [1.807, 2.05) is 72.8 Å². The summed E-state index contributed by atoms with van der Waals surface area (Å²) in [6.45, 7) is 2.64. The number of carbonyl (C=O) groups excluding carboxylic acids is 2. The van der Waals surface area contributed by atoms with Crippen LogP contribution in [0, 0.1) is 0 Å². The molecule has 0 aliphatic heterocycles. The van der Waals surface area contributed by atoms with E-state index in [2.05, 4.69) is 5.32 Å². The van der Waals surface area contributed by atoms with Crippen LogP contribution >= 0.6 is 11.6 Å². The van der Waals surface area contributed by atoms with Gasteiger partial charge in [0.2, 0.25) is 11.8 Å². The second kappa shape index (κ2) is 11.3. The molecule has 1 atom stereocenters. The van der Waals surface area contributed by atoms with Crippen molar-refractivity contribution in [2.24, 2.45) is 0 Å². The summed E-state index contributed by atoms with van der Waals surface area (Å²) in [6.07, 6.45) is 0.991. The van der Waals surface area contributed by atoms with Crippen LogP contribution in [0.3, 0.4) is 0 Å². The molecule has 3 aromatic rings. The first-order chi connectivity index (χ1) is 15.0. The van der Waals surface area contributed by atoms with Crippen LogP contribution in [0.5, 0.6) is 0 Å². The van der Waals surface area contributed by atoms with Crippen molar-refractivity contribution in [3.05, 3.63) is 107 Å². The van der Waals surface area contributed by atoms with Crippen LogP contribution in [-0.2, 0) is 29.0 Å². The number of amides is 2. The Kier molecular flexibility index (Phi) is 8.25. The predicted octanol–water partition coefficient (Wildman–Crippen LogP) is 4.66. The molecule has 0 aliphatic rings. The molecule has 5 heteroatoms. The zero-order valence-corrected chi connectivity index (χ0v) is 18.4. The number of nitrogens with one attached hydrogen (secondary N) is 1. The van der Waals surface area contributed by atoms with Gasteiger partial charge in [0.15, 0.2) is 0 Å². The Morgan fingerprint density at radius 2 is 1.42 bits per heavy atom. The topological polar surface area (TPSA) is 49.4 Å². The highest BCUT2D eigenvalue weighted by Crippen LogP contribution is 2.15. The Labute approximate surface area is 188 Å². The molecular formula is C26H27ClN2O2. The van der Waals surface area contributed by atoms with Gasteiger partial charge in [0, 0.05) is 18.1 Å². The minimum atomic E-state index is -0.595. The summed E-state index contributed by atoms with van der Waals surface area (Å²) in [5.74, 6) is -0.252. The van der Waals surface area contributed by atoms with Crippen LogP contribution < -0.4 is 5.32 Å². The van der Waals surface area contributed by atoms with Gasteiger partial charge in [0.1, 0.15) is 6.04 Å². The van der Waals surface area contributed by atoms with Gasteiger partial charge in [-0.2, -0.15) is 0 Å². The number of carbonyl (C=O) groups is 2. The normalized spacial score (nSPS) is 11.5. The van der Waals surface area contributed by atoms with Gasteiger partial charge in [-0.25, -0.2) is 0 Å². The quantitative estimate of drug-likeness (QED) is 0.532. The Morgan fingerprint density at radius 1 is 0.839 bits per heavy atom. The third-order valence-electron chi connectivity index (χ3n) is 5.19. The first-order valence-corrected chi connectivity index (χ1v) is 10.8. The molecule has 0 fully saturated rings. The van der Waals surface area contributed by atoms with Crippen LogP contribution in [0.25, 0.3) is 0 Å². The van der Waals surface area contributed by atoms with E-state index >= 15 is 0 Å². The fraction of sp³-hybridized carbons (Fsp3) is 0.231. The molecule has 160 valence electrons. The number of benzene rings is 3. The second-order valence-corrected chi connectivity index (χ2v) is 7.95. The molecule has 2 amide bonds. The van der Waals surface area contributed by atoms with E-state index in [0.717, 1.165) is 23.1 Å². The van der Waals surface area contributed by atoms with Gasteiger partial charge in [-0.3, -0.25) is 9.59 Å². The van der Waals surface area contributed by atoms with E-state index in [0.29, 0.717) is 18.1 Å². The molecule has 1 unspecified atom stereocenters. The third-order valence-corrected chi connectivity index (χ3v) is 5.44. The lowest BCUT2D eigenvalue weighted by atomic mass is 10.1. The fourth-order valence-corrected chi connectivity index (χ4v) is 3.49. The molecule has 4 nitrogen and oxygen atoms in total. The lowest BCUT2D eigenvalue weighted by Crippen LogP contribution is -2.48. The monoisotopic (exact) mass is 434 g/mol. The molecule has 0 saturated carbocycles. The Bertz CT molecular complexity index is 975. The molecule has 3 rings (SSSR count). The van der Waals surface area contributed by atoms with Gasteiger partial charge in [-0.15, -0.1) is 0 Å². The summed E-state index contributed by atoms with van der Waals surface area (Å²) in [5.41, 5.74) is 3.01. The molecule has 3 aromatic carbocycles. The molecule has 0 aliphatic carbocycles. The minimum absolute atomic E-state index is 0.0909. The van der Waals surface area contributed by atoms with Gasteiger partial charge in [0.25, 0.3) is 0 Å². The molecule has 31 heavy (non-hydrogen) atoms. The third kappa shape index (κ3) is 6.97. The van der Waals surface area contributed by atoms with Gasteiger partial charge in [-0.1, -0.05) is 84.4 Å². The summed E-state index contributed by atoms with van der Waals surface area (Å²) in [7, 11) is 0. The van der Waals surface area contributed by atoms with Crippen molar-refractivity contribution < 1.29 is 9.59 Å². The average molecular weight is 435 g/mol. The zero-order chi connectivity index (χ0) is 22.1. The summed E-state index contributed by atoms with van der Waals surface area (Å²) in [4.78, 5) is 27.6. The lowest BCUT2D eigenvalue weighted by molar-refractivity contribution is -0.140. The number of nitrogens with zero attached hydrogens (tertiary/aromatic N) is 1. The van der Waals surface area contributed by atoms with E-state index in [1.165, 1.54) is 0 Å². The number of rotatable bonds is 9. The number of halogens is 1. The van der Waals surface area contributed by atoms with E-state index in [-0.39, 0.29) is 18.2 Å². The second-order valence-electron chi connectivity index (χ2n) is 7.51. The molecule has 0 heterocycles. The maximum absolute atomic E-state index is 13.1. The average Bonchev–Trinajstić information content (AvgIpc) is 2.79. The molecule has 0 radical (unpaired) electrons. The van der Waals surface area contributed by atoms with Crippen LogP contribution in [0.1, 0.15) is 23.6 Å². The highest BCUT2D eigenvalue weighted by molar-refractivity contribution is 6.30. The van der Waals surface area contributed by atoms with Crippen LogP contribution in [0.2, 0.25) is 5.02 Å². The maximum atomic E-state index is 13.1. The van der Waals surface area contributed by atoms with Gasteiger partial charge in [0.05, 0.1) is 6.42 Å². The standard InChI is InChI=1S/C26H27ClN2O2/c1-20(26(31)28-17-16-21-8-4-2-5-9-21)29(19-23-12-14-24(27)15-13-23)25(30)18-22-10-6-3-7-11-22/h2-15,20H,16-19H2,1H3,(H,28,31). The van der Waals surface area contributed by atoms with Crippen LogP contribution in [0.4, 0.5) is 0 Å². The van der Waals surface area contributed by atoms with Gasteiger partial charge in [-0.05, 0) is 42.2 Å². The lowest BCUT2D eigenvalue weighted by Gasteiger charge is -2.29. The Hall–Kier alpha value is -3.11. The molecule has 0 saturated heterocycles. The van der Waals surface area contributed by atoms with Crippen LogP contribution in [0.15, 0.2) is 84.9 Å². The molecule has 1 N–H and O–H groups in total. The number of hydrogen-bond acceptors (Lipinski definition) is 2. The SMILES string of the molecule is CC(C(=O)NCCc1ccccc1)N(Cc1ccc(Cl)cc1)C(=O)Cc1ccccc1. The van der Waals surface area contributed by atoms with Crippen molar-refractivity contribution in [3.8, 4) is 0 Å². The van der Waals surface area contributed by atoms with Crippen molar-refractivity contribution >= 4 is 23.4 Å². The number of hydrogen-bond donors (Lipinski definition) is 1.